The summed E-state index contributed by atoms with van der Waals surface area (Å²) in [5, 5.41) is 11.3. The topological polar surface area (TPSA) is 79.5 Å². The van der Waals surface area contributed by atoms with E-state index in [4.69, 9.17) is 9.52 Å². The summed E-state index contributed by atoms with van der Waals surface area (Å²) in [6, 6.07) is 7.54. The summed E-state index contributed by atoms with van der Waals surface area (Å²) in [7, 11) is 0. The largest absolute Gasteiger partial charge is 0.475 e. The molecular formula is C17H16F3NO4. The number of carboxylic acid groups (broad SMARTS) is 1. The molecule has 5 nitrogen and oxygen atoms in total. The zero-order valence-corrected chi connectivity index (χ0v) is 13.3. The van der Waals surface area contributed by atoms with Crippen LogP contribution >= 0.6 is 0 Å². The molecule has 0 saturated carbocycles. The van der Waals surface area contributed by atoms with Gasteiger partial charge in [-0.05, 0) is 30.2 Å². The first kappa shape index (κ1) is 18.6. The maximum absolute atomic E-state index is 12.7. The van der Waals surface area contributed by atoms with E-state index in [1.54, 1.807) is 6.92 Å². The van der Waals surface area contributed by atoms with E-state index in [1.165, 1.54) is 24.3 Å². The molecule has 0 bridgehead atoms. The SMILES string of the molecule is CC(Cc1cccc(C(F)(F)F)c1)C(=O)NCc1ccc(C(=O)O)o1. The number of hydrogen-bond donors (Lipinski definition) is 2. The Bertz CT molecular complexity index is 767. The molecule has 0 saturated heterocycles. The van der Waals surface area contributed by atoms with E-state index in [1.807, 2.05) is 0 Å². The van der Waals surface area contributed by atoms with Gasteiger partial charge in [-0.1, -0.05) is 25.1 Å². The predicted octanol–water partition coefficient (Wildman–Crippen LogP) is 3.49. The molecule has 1 aromatic heterocycles. The van der Waals surface area contributed by atoms with Crippen LogP contribution in [-0.2, 0) is 23.9 Å². The van der Waals surface area contributed by atoms with Crippen LogP contribution in [0.15, 0.2) is 40.8 Å². The Morgan fingerprint density at radius 3 is 2.56 bits per heavy atom. The van der Waals surface area contributed by atoms with Crippen LogP contribution in [0.5, 0.6) is 0 Å². The number of furan rings is 1. The maximum Gasteiger partial charge on any atom is 0.416 e. The van der Waals surface area contributed by atoms with Crippen LogP contribution in [0.25, 0.3) is 0 Å². The van der Waals surface area contributed by atoms with E-state index in [0.29, 0.717) is 5.56 Å². The van der Waals surface area contributed by atoms with Crippen LogP contribution in [0.3, 0.4) is 0 Å². The van der Waals surface area contributed by atoms with Gasteiger partial charge >= 0.3 is 12.1 Å². The average molecular weight is 355 g/mol. The van der Waals surface area contributed by atoms with E-state index < -0.39 is 23.6 Å². The predicted molar refractivity (Wildman–Crippen MR) is 81.8 cm³/mol. The first-order valence-corrected chi connectivity index (χ1v) is 7.42. The number of aromatic carboxylic acids is 1. The van der Waals surface area contributed by atoms with E-state index in [0.717, 1.165) is 12.1 Å². The van der Waals surface area contributed by atoms with Crippen LogP contribution in [0.4, 0.5) is 13.2 Å². The number of rotatable bonds is 6. The molecule has 1 unspecified atom stereocenters. The number of carbonyl (C=O) groups is 2. The van der Waals surface area contributed by atoms with Gasteiger partial charge in [0.1, 0.15) is 5.76 Å². The van der Waals surface area contributed by atoms with Gasteiger partial charge < -0.3 is 14.8 Å². The second-order valence-electron chi connectivity index (χ2n) is 5.59. The summed E-state index contributed by atoms with van der Waals surface area (Å²) in [6.07, 6.45) is -4.28. The lowest BCUT2D eigenvalue weighted by Crippen LogP contribution is -2.29. The number of carboxylic acids is 1. The van der Waals surface area contributed by atoms with Crippen molar-refractivity contribution in [2.24, 2.45) is 5.92 Å². The van der Waals surface area contributed by atoms with Gasteiger partial charge in [0.05, 0.1) is 12.1 Å². The number of carbonyl (C=O) groups excluding carboxylic acids is 1. The molecule has 8 heteroatoms. The van der Waals surface area contributed by atoms with Crippen molar-refractivity contribution >= 4 is 11.9 Å². The second-order valence-corrected chi connectivity index (χ2v) is 5.59. The average Bonchev–Trinajstić information content (AvgIpc) is 3.01. The van der Waals surface area contributed by atoms with Gasteiger partial charge in [-0.15, -0.1) is 0 Å². The van der Waals surface area contributed by atoms with Crippen molar-refractivity contribution in [3.63, 3.8) is 0 Å². The summed E-state index contributed by atoms with van der Waals surface area (Å²) >= 11 is 0. The summed E-state index contributed by atoms with van der Waals surface area (Å²) < 4.78 is 43.1. The Morgan fingerprint density at radius 1 is 1.24 bits per heavy atom. The first-order valence-electron chi connectivity index (χ1n) is 7.42. The van der Waals surface area contributed by atoms with Crippen molar-refractivity contribution in [1.29, 1.82) is 0 Å². The molecule has 0 aliphatic rings. The molecule has 1 atom stereocenters. The number of benzene rings is 1. The minimum Gasteiger partial charge on any atom is -0.475 e. The molecule has 0 radical (unpaired) electrons. The summed E-state index contributed by atoms with van der Waals surface area (Å²) in [5.74, 6) is -2.10. The highest BCUT2D eigenvalue weighted by Crippen LogP contribution is 2.30. The van der Waals surface area contributed by atoms with Crippen molar-refractivity contribution in [3.8, 4) is 0 Å². The summed E-state index contributed by atoms with van der Waals surface area (Å²) in [4.78, 5) is 22.8. The lowest BCUT2D eigenvalue weighted by atomic mass is 9.98. The standard InChI is InChI=1S/C17H16F3NO4/c1-10(7-11-3-2-4-12(8-11)17(18,19)20)15(22)21-9-13-5-6-14(25-13)16(23)24/h2-6,8,10H,7,9H2,1H3,(H,21,22)(H,23,24). The smallest absolute Gasteiger partial charge is 0.416 e. The third kappa shape index (κ3) is 5.10. The van der Waals surface area contributed by atoms with Crippen LogP contribution in [0, 0.1) is 5.92 Å². The van der Waals surface area contributed by atoms with E-state index in [-0.39, 0.29) is 30.4 Å². The van der Waals surface area contributed by atoms with Crippen LogP contribution in [0.1, 0.15) is 34.4 Å². The second kappa shape index (κ2) is 7.42. The van der Waals surface area contributed by atoms with Crippen molar-refractivity contribution in [1.82, 2.24) is 5.32 Å². The Balaban J connectivity index is 1.92. The van der Waals surface area contributed by atoms with Gasteiger partial charge in [0.2, 0.25) is 11.7 Å². The normalized spacial score (nSPS) is 12.6. The molecule has 1 aromatic carbocycles. The third-order valence-electron chi connectivity index (χ3n) is 3.55. The Kier molecular flexibility index (Phi) is 5.51. The van der Waals surface area contributed by atoms with E-state index in [9.17, 15) is 22.8 Å². The number of amides is 1. The fourth-order valence-electron chi connectivity index (χ4n) is 2.26. The van der Waals surface area contributed by atoms with Crippen molar-refractivity contribution in [2.45, 2.75) is 26.1 Å². The molecule has 0 spiro atoms. The molecule has 134 valence electrons. The van der Waals surface area contributed by atoms with E-state index >= 15 is 0 Å². The van der Waals surface area contributed by atoms with Crippen LogP contribution in [0.2, 0.25) is 0 Å². The quantitative estimate of drug-likeness (QED) is 0.831. The number of halogens is 3. The lowest BCUT2D eigenvalue weighted by molar-refractivity contribution is -0.137. The first-order chi connectivity index (χ1) is 11.7. The van der Waals surface area contributed by atoms with Gasteiger partial charge in [0.15, 0.2) is 0 Å². The fourth-order valence-corrected chi connectivity index (χ4v) is 2.26. The summed E-state index contributed by atoms with van der Waals surface area (Å²) in [5.41, 5.74) is -0.349. The van der Waals surface area contributed by atoms with Crippen molar-refractivity contribution in [2.75, 3.05) is 0 Å². The molecule has 2 aromatic rings. The zero-order valence-electron chi connectivity index (χ0n) is 13.3. The van der Waals surface area contributed by atoms with Crippen LogP contribution < -0.4 is 5.32 Å². The molecule has 0 fully saturated rings. The molecule has 2 N–H and O–H groups in total. The van der Waals surface area contributed by atoms with Gasteiger partial charge in [0, 0.05) is 5.92 Å². The minimum atomic E-state index is -4.43. The Labute approximate surface area is 141 Å². The molecule has 1 amide bonds. The van der Waals surface area contributed by atoms with Crippen LogP contribution in [-0.4, -0.2) is 17.0 Å². The highest BCUT2D eigenvalue weighted by molar-refractivity contribution is 5.84. The zero-order chi connectivity index (χ0) is 18.6. The van der Waals surface area contributed by atoms with Gasteiger partial charge in [-0.25, -0.2) is 4.79 Å². The Morgan fingerprint density at radius 2 is 1.96 bits per heavy atom. The molecule has 25 heavy (non-hydrogen) atoms. The molecule has 2 rings (SSSR count). The van der Waals surface area contributed by atoms with Crippen molar-refractivity contribution in [3.05, 3.63) is 59.0 Å². The minimum absolute atomic E-state index is 0.000948. The monoisotopic (exact) mass is 355 g/mol. The molecule has 0 aliphatic heterocycles. The van der Waals surface area contributed by atoms with Gasteiger partial charge in [0.25, 0.3) is 0 Å². The number of hydrogen-bond acceptors (Lipinski definition) is 3. The lowest BCUT2D eigenvalue weighted by Gasteiger charge is -2.13. The number of nitrogens with one attached hydrogen (secondary N) is 1. The maximum atomic E-state index is 12.7. The number of alkyl halides is 3. The molecule has 1 heterocycles. The fraction of sp³-hybridized carbons (Fsp3) is 0.294. The molecular weight excluding hydrogens is 339 g/mol. The Hall–Kier alpha value is -2.77. The third-order valence-corrected chi connectivity index (χ3v) is 3.55. The van der Waals surface area contributed by atoms with Gasteiger partial charge in [-0.3, -0.25) is 4.79 Å². The van der Waals surface area contributed by atoms with Gasteiger partial charge in [-0.2, -0.15) is 13.2 Å². The molecule has 0 aliphatic carbocycles. The highest BCUT2D eigenvalue weighted by atomic mass is 19.4. The van der Waals surface area contributed by atoms with E-state index in [2.05, 4.69) is 5.32 Å². The summed E-state index contributed by atoms with van der Waals surface area (Å²) in [6.45, 7) is 1.60. The highest BCUT2D eigenvalue weighted by Gasteiger charge is 2.30. The van der Waals surface area contributed by atoms with Crippen molar-refractivity contribution < 1.29 is 32.3 Å².